The molecule has 1 aromatic heterocycles. The molecule has 0 fully saturated rings. The molecule has 7 rings (SSSR count). The highest BCUT2D eigenvalue weighted by Gasteiger charge is 2.64. The van der Waals surface area contributed by atoms with Crippen LogP contribution in [0.4, 0.5) is 5.13 Å². The van der Waals surface area contributed by atoms with E-state index in [-0.39, 0.29) is 17.4 Å². The molecular formula is C30H23N3O3S. The summed E-state index contributed by atoms with van der Waals surface area (Å²) in [6.45, 7) is 10.2. The van der Waals surface area contributed by atoms with Crippen molar-refractivity contribution in [3.8, 4) is 0 Å². The molecule has 2 bridgehead atoms. The van der Waals surface area contributed by atoms with Crippen molar-refractivity contribution in [2.75, 3.05) is 5.32 Å². The third kappa shape index (κ3) is 3.48. The number of carboxylic acid groups (broad SMARTS) is 1. The Morgan fingerprint density at radius 2 is 1.68 bits per heavy atom. The molecule has 7 heteroatoms. The van der Waals surface area contributed by atoms with Crippen LogP contribution in [0.3, 0.4) is 0 Å². The molecule has 6 nitrogen and oxygen atoms in total. The van der Waals surface area contributed by atoms with Crippen molar-refractivity contribution in [2.45, 2.75) is 31.2 Å². The highest BCUT2D eigenvalue weighted by Crippen LogP contribution is 2.64. The standard InChI is InChI=1S/C30H23N3O3S/c1-29(27(36)33-28-32-20(16-37-28)15-18-11-13-19(14-12-18)26(34)35)17-30(31-2)23-9-5-3-7-21(23)25(29)22-8-4-6-10-24(22)30/h3-14,16,25H,15,17H2,1H3,(H,34,35)(H,32,33,36). The lowest BCUT2D eigenvalue weighted by Gasteiger charge is -2.51. The molecule has 37 heavy (non-hydrogen) atoms. The van der Waals surface area contributed by atoms with E-state index >= 15 is 0 Å². The molecule has 0 radical (unpaired) electrons. The van der Waals surface area contributed by atoms with Gasteiger partial charge in [-0.05, 0) is 35.7 Å². The highest BCUT2D eigenvalue weighted by atomic mass is 32.1. The van der Waals surface area contributed by atoms with Gasteiger partial charge in [0.25, 0.3) is 5.54 Å². The van der Waals surface area contributed by atoms with Crippen LogP contribution in [0.5, 0.6) is 0 Å². The summed E-state index contributed by atoms with van der Waals surface area (Å²) in [5, 5.41) is 14.6. The summed E-state index contributed by atoms with van der Waals surface area (Å²) in [4.78, 5) is 33.8. The number of fused-ring (bicyclic) bond motifs is 1. The number of aromatic nitrogens is 1. The molecule has 4 aromatic rings. The Hall–Kier alpha value is -4.28. The number of benzene rings is 3. The average molecular weight is 506 g/mol. The highest BCUT2D eigenvalue weighted by molar-refractivity contribution is 7.13. The van der Waals surface area contributed by atoms with Crippen molar-refractivity contribution in [2.24, 2.45) is 5.41 Å². The molecule has 1 unspecified atom stereocenters. The number of amides is 1. The van der Waals surface area contributed by atoms with Gasteiger partial charge in [0.15, 0.2) is 5.13 Å². The lowest BCUT2D eigenvalue weighted by atomic mass is 9.49. The molecular weight excluding hydrogens is 482 g/mol. The van der Waals surface area contributed by atoms with Gasteiger partial charge < -0.3 is 10.4 Å². The molecule has 1 amide bonds. The topological polar surface area (TPSA) is 83.7 Å². The van der Waals surface area contributed by atoms with Gasteiger partial charge in [0.05, 0.1) is 16.7 Å². The molecule has 0 saturated heterocycles. The van der Waals surface area contributed by atoms with Crippen molar-refractivity contribution in [1.29, 1.82) is 0 Å². The first-order valence-corrected chi connectivity index (χ1v) is 12.9. The first-order valence-electron chi connectivity index (χ1n) is 12.0. The Bertz CT molecular complexity index is 1550. The Morgan fingerprint density at radius 1 is 1.05 bits per heavy atom. The van der Waals surface area contributed by atoms with Gasteiger partial charge >= 0.3 is 5.97 Å². The van der Waals surface area contributed by atoms with Crippen LogP contribution in [0.25, 0.3) is 4.85 Å². The number of aromatic carboxylic acids is 1. The second-order valence-corrected chi connectivity index (χ2v) is 10.8. The Labute approximate surface area is 218 Å². The third-order valence-electron chi connectivity index (χ3n) is 7.76. The predicted molar refractivity (Wildman–Crippen MR) is 142 cm³/mol. The summed E-state index contributed by atoms with van der Waals surface area (Å²) < 4.78 is 0. The maximum atomic E-state index is 13.9. The normalized spacial score (nSPS) is 23.0. The summed E-state index contributed by atoms with van der Waals surface area (Å²) in [7, 11) is 0. The van der Waals surface area contributed by atoms with Crippen molar-refractivity contribution in [1.82, 2.24) is 4.98 Å². The van der Waals surface area contributed by atoms with Crippen molar-refractivity contribution >= 4 is 28.3 Å². The fraction of sp³-hybridized carbons (Fsp3) is 0.200. The van der Waals surface area contributed by atoms with E-state index in [9.17, 15) is 9.59 Å². The van der Waals surface area contributed by atoms with E-state index in [1.807, 2.05) is 48.7 Å². The fourth-order valence-corrected chi connectivity index (χ4v) is 6.81. The predicted octanol–water partition coefficient (Wildman–Crippen LogP) is 6.09. The minimum atomic E-state index is -0.958. The molecule has 0 saturated carbocycles. The lowest BCUT2D eigenvalue weighted by molar-refractivity contribution is -0.127. The number of thiazole rings is 1. The van der Waals surface area contributed by atoms with Gasteiger partial charge in [-0.3, -0.25) is 9.64 Å². The van der Waals surface area contributed by atoms with Crippen LogP contribution in [0.1, 0.15) is 63.1 Å². The van der Waals surface area contributed by atoms with E-state index < -0.39 is 16.9 Å². The number of hydrogen-bond donors (Lipinski definition) is 2. The second kappa shape index (κ2) is 8.39. The molecule has 0 spiro atoms. The number of rotatable bonds is 5. The van der Waals surface area contributed by atoms with E-state index in [1.54, 1.807) is 24.3 Å². The van der Waals surface area contributed by atoms with E-state index in [0.29, 0.717) is 18.0 Å². The maximum Gasteiger partial charge on any atom is 0.335 e. The van der Waals surface area contributed by atoms with Crippen LogP contribution in [-0.4, -0.2) is 22.0 Å². The van der Waals surface area contributed by atoms with Crippen molar-refractivity contribution in [3.05, 3.63) is 129 Å². The molecule has 1 heterocycles. The first kappa shape index (κ1) is 23.1. The summed E-state index contributed by atoms with van der Waals surface area (Å²) in [5.41, 5.74) is 4.36. The minimum Gasteiger partial charge on any atom is -0.478 e. The van der Waals surface area contributed by atoms with Gasteiger partial charge in [-0.2, -0.15) is 0 Å². The Kier molecular flexibility index (Phi) is 5.25. The number of anilines is 1. The van der Waals surface area contributed by atoms with E-state index in [1.165, 1.54) is 11.3 Å². The number of nitrogens with one attached hydrogen (secondary N) is 1. The summed E-state index contributed by atoms with van der Waals surface area (Å²) in [6, 6.07) is 22.8. The van der Waals surface area contributed by atoms with Gasteiger partial charge in [0, 0.05) is 35.3 Å². The Morgan fingerprint density at radius 3 is 2.27 bits per heavy atom. The largest absolute Gasteiger partial charge is 0.478 e. The molecule has 0 aliphatic heterocycles. The van der Waals surface area contributed by atoms with E-state index in [4.69, 9.17) is 11.7 Å². The number of carbonyl (C=O) groups is 2. The van der Waals surface area contributed by atoms with Crippen LogP contribution in [0.2, 0.25) is 0 Å². The zero-order valence-electron chi connectivity index (χ0n) is 20.1. The zero-order valence-corrected chi connectivity index (χ0v) is 20.9. The molecule has 3 aliphatic carbocycles. The van der Waals surface area contributed by atoms with Crippen LogP contribution in [0.15, 0.2) is 78.2 Å². The quantitative estimate of drug-likeness (QED) is 0.322. The van der Waals surface area contributed by atoms with Crippen molar-refractivity contribution in [3.63, 3.8) is 0 Å². The van der Waals surface area contributed by atoms with Crippen LogP contribution in [-0.2, 0) is 16.8 Å². The van der Waals surface area contributed by atoms with E-state index in [2.05, 4.69) is 27.3 Å². The minimum absolute atomic E-state index is 0.138. The van der Waals surface area contributed by atoms with Gasteiger partial charge in [0.1, 0.15) is 0 Å². The number of hydrogen-bond acceptors (Lipinski definition) is 4. The lowest BCUT2D eigenvalue weighted by Crippen LogP contribution is -2.53. The summed E-state index contributed by atoms with van der Waals surface area (Å²) >= 11 is 1.37. The zero-order chi connectivity index (χ0) is 25.8. The van der Waals surface area contributed by atoms with Gasteiger partial charge in [-0.15, -0.1) is 11.3 Å². The summed E-state index contributed by atoms with van der Waals surface area (Å²) in [6.07, 6.45) is 0.940. The molecule has 2 N–H and O–H groups in total. The number of carboxylic acids is 1. The number of carbonyl (C=O) groups excluding carboxylic acids is 1. The van der Waals surface area contributed by atoms with Crippen LogP contribution in [0, 0.1) is 12.0 Å². The fourth-order valence-electron chi connectivity index (χ4n) is 6.10. The second-order valence-electron chi connectivity index (χ2n) is 9.95. The van der Waals surface area contributed by atoms with Crippen LogP contribution >= 0.6 is 11.3 Å². The smallest absolute Gasteiger partial charge is 0.335 e. The summed E-state index contributed by atoms with van der Waals surface area (Å²) in [5.74, 6) is -1.25. The SMILES string of the molecule is [C-]#[N+]C12CC(C)(C(=O)Nc3nc(Cc4ccc(C(=O)O)cc4)cs3)C(c3ccccc31)c1ccccc12. The third-order valence-corrected chi connectivity index (χ3v) is 8.57. The molecule has 182 valence electrons. The molecule has 3 aliphatic rings. The monoisotopic (exact) mass is 505 g/mol. The van der Waals surface area contributed by atoms with Crippen LogP contribution < -0.4 is 5.32 Å². The van der Waals surface area contributed by atoms with Gasteiger partial charge in [0.2, 0.25) is 5.91 Å². The first-order chi connectivity index (χ1) is 17.9. The number of nitrogens with zero attached hydrogens (tertiary/aromatic N) is 2. The molecule has 3 aromatic carbocycles. The molecule has 1 atom stereocenters. The van der Waals surface area contributed by atoms with E-state index in [0.717, 1.165) is 33.5 Å². The van der Waals surface area contributed by atoms with Gasteiger partial charge in [-0.1, -0.05) is 60.7 Å². The average Bonchev–Trinajstić information content (AvgIpc) is 3.35. The van der Waals surface area contributed by atoms with Gasteiger partial charge in [-0.25, -0.2) is 16.4 Å². The maximum absolute atomic E-state index is 13.9. The van der Waals surface area contributed by atoms with Crippen molar-refractivity contribution < 1.29 is 14.7 Å². The Balaban J connectivity index is 1.30.